The Morgan fingerprint density at radius 3 is 2.81 bits per heavy atom. The van der Waals surface area contributed by atoms with Crippen molar-refractivity contribution < 1.29 is 13.2 Å². The third-order valence-corrected chi connectivity index (χ3v) is 4.95. The third kappa shape index (κ3) is 3.84. The summed E-state index contributed by atoms with van der Waals surface area (Å²) in [5.74, 6) is 1.13. The average molecular weight is 374 g/mol. The molecule has 0 unspecified atom stereocenters. The maximum absolute atomic E-state index is 12.3. The second-order valence-electron chi connectivity index (χ2n) is 4.40. The number of nitrogens with one attached hydrogen (secondary N) is 1. The highest BCUT2D eigenvalue weighted by Crippen LogP contribution is 2.26. The summed E-state index contributed by atoms with van der Waals surface area (Å²) < 4.78 is 34.9. The zero-order valence-electron chi connectivity index (χ0n) is 11.7. The number of hydrogen-bond donors (Lipinski definition) is 1. The molecule has 2 aromatic rings. The molecule has 1 aromatic heterocycles. The van der Waals surface area contributed by atoms with Gasteiger partial charge in [-0.3, -0.25) is 0 Å². The summed E-state index contributed by atoms with van der Waals surface area (Å²) >= 11 is 3.27. The van der Waals surface area contributed by atoms with E-state index < -0.39 is 10.0 Å². The lowest BCUT2D eigenvalue weighted by Gasteiger charge is -2.11. The van der Waals surface area contributed by atoms with E-state index in [0.717, 1.165) is 5.82 Å². The maximum Gasteiger partial charge on any atom is 0.244 e. The van der Waals surface area contributed by atoms with Gasteiger partial charge in [-0.25, -0.2) is 18.1 Å². The Hall–Kier alpha value is -1.38. The zero-order chi connectivity index (χ0) is 15.5. The first-order valence-corrected chi connectivity index (χ1v) is 8.51. The molecule has 0 atom stereocenters. The predicted octanol–water partition coefficient (Wildman–Crippen LogP) is 1.71. The first-order chi connectivity index (χ1) is 9.94. The molecule has 1 N–H and O–H groups in total. The van der Waals surface area contributed by atoms with Crippen molar-refractivity contribution in [1.29, 1.82) is 0 Å². The number of imidazole rings is 1. The molecular weight excluding hydrogens is 358 g/mol. The van der Waals surface area contributed by atoms with Gasteiger partial charge < -0.3 is 9.30 Å². The van der Waals surface area contributed by atoms with E-state index in [1.54, 1.807) is 18.3 Å². The normalized spacial score (nSPS) is 11.6. The van der Waals surface area contributed by atoms with Crippen LogP contribution in [0.15, 0.2) is 40.0 Å². The van der Waals surface area contributed by atoms with Crippen LogP contribution in [-0.4, -0.2) is 31.6 Å². The largest absolute Gasteiger partial charge is 0.495 e. The minimum atomic E-state index is -3.63. The third-order valence-electron chi connectivity index (χ3n) is 2.98. The van der Waals surface area contributed by atoms with Crippen molar-refractivity contribution in [1.82, 2.24) is 14.3 Å². The molecule has 114 valence electrons. The molecule has 0 aliphatic heterocycles. The molecule has 8 heteroatoms. The van der Waals surface area contributed by atoms with E-state index in [1.165, 1.54) is 13.2 Å². The van der Waals surface area contributed by atoms with E-state index in [-0.39, 0.29) is 11.4 Å². The SMILES string of the molecule is COc1ccc(Br)cc1S(=O)(=O)NCCc1nccn1C. The van der Waals surface area contributed by atoms with Gasteiger partial charge in [-0.15, -0.1) is 0 Å². The van der Waals surface area contributed by atoms with E-state index in [2.05, 4.69) is 25.6 Å². The number of sulfonamides is 1. The maximum atomic E-state index is 12.3. The monoisotopic (exact) mass is 373 g/mol. The fourth-order valence-corrected chi connectivity index (χ4v) is 3.61. The van der Waals surface area contributed by atoms with Crippen LogP contribution in [-0.2, 0) is 23.5 Å². The van der Waals surface area contributed by atoms with E-state index in [1.807, 2.05) is 17.8 Å². The van der Waals surface area contributed by atoms with Crippen LogP contribution in [0.3, 0.4) is 0 Å². The van der Waals surface area contributed by atoms with E-state index in [4.69, 9.17) is 4.74 Å². The lowest BCUT2D eigenvalue weighted by molar-refractivity contribution is 0.402. The summed E-state index contributed by atoms with van der Waals surface area (Å²) in [7, 11) is -0.324. The molecule has 0 radical (unpaired) electrons. The van der Waals surface area contributed by atoms with Gasteiger partial charge in [-0.2, -0.15) is 0 Å². The molecule has 0 aliphatic carbocycles. The number of benzene rings is 1. The van der Waals surface area contributed by atoms with Gasteiger partial charge >= 0.3 is 0 Å². The molecule has 0 fully saturated rings. The smallest absolute Gasteiger partial charge is 0.244 e. The van der Waals surface area contributed by atoms with Crippen LogP contribution in [0.25, 0.3) is 0 Å². The van der Waals surface area contributed by atoms with Crippen LogP contribution < -0.4 is 9.46 Å². The topological polar surface area (TPSA) is 73.2 Å². The highest BCUT2D eigenvalue weighted by atomic mass is 79.9. The highest BCUT2D eigenvalue weighted by Gasteiger charge is 2.19. The van der Waals surface area contributed by atoms with Crippen molar-refractivity contribution in [2.24, 2.45) is 7.05 Å². The Morgan fingerprint density at radius 2 is 2.19 bits per heavy atom. The number of halogens is 1. The summed E-state index contributed by atoms with van der Waals surface area (Å²) in [5.41, 5.74) is 0. The molecule has 2 rings (SSSR count). The Bertz CT molecular complexity index is 728. The quantitative estimate of drug-likeness (QED) is 0.836. The van der Waals surface area contributed by atoms with Crippen LogP contribution in [0.1, 0.15) is 5.82 Å². The number of aryl methyl sites for hydroxylation is 1. The van der Waals surface area contributed by atoms with Gasteiger partial charge in [-0.05, 0) is 18.2 Å². The van der Waals surface area contributed by atoms with Gasteiger partial charge in [-0.1, -0.05) is 15.9 Å². The summed E-state index contributed by atoms with van der Waals surface area (Å²) in [6.07, 6.45) is 4.02. The highest BCUT2D eigenvalue weighted by molar-refractivity contribution is 9.10. The standard InChI is InChI=1S/C13H16BrN3O3S/c1-17-8-7-15-13(17)5-6-16-21(18,19)12-9-10(14)3-4-11(12)20-2/h3-4,7-9,16H,5-6H2,1-2H3. The first kappa shape index (κ1) is 16.0. The van der Waals surface area contributed by atoms with Crippen molar-refractivity contribution in [2.45, 2.75) is 11.3 Å². The van der Waals surface area contributed by atoms with Crippen molar-refractivity contribution in [3.05, 3.63) is 40.9 Å². The van der Waals surface area contributed by atoms with Crippen LogP contribution >= 0.6 is 15.9 Å². The Kier molecular flexibility index (Phi) is 5.02. The van der Waals surface area contributed by atoms with Crippen LogP contribution in [0.5, 0.6) is 5.75 Å². The van der Waals surface area contributed by atoms with Crippen molar-refractivity contribution in [2.75, 3.05) is 13.7 Å². The fraction of sp³-hybridized carbons (Fsp3) is 0.308. The number of nitrogens with zero attached hydrogens (tertiary/aromatic N) is 2. The van der Waals surface area contributed by atoms with Crippen LogP contribution in [0.2, 0.25) is 0 Å². The van der Waals surface area contributed by atoms with Crippen molar-refractivity contribution in [3.63, 3.8) is 0 Å². The number of methoxy groups -OCH3 is 1. The molecule has 1 heterocycles. The Labute approximate surface area is 132 Å². The molecule has 0 spiro atoms. The summed E-state index contributed by atoms with van der Waals surface area (Å²) in [6.45, 7) is 0.267. The first-order valence-electron chi connectivity index (χ1n) is 6.23. The summed E-state index contributed by atoms with van der Waals surface area (Å²) in [5, 5.41) is 0. The minimum Gasteiger partial charge on any atom is -0.495 e. The van der Waals surface area contributed by atoms with E-state index >= 15 is 0 Å². The number of aromatic nitrogens is 2. The van der Waals surface area contributed by atoms with E-state index in [9.17, 15) is 8.42 Å². The van der Waals surface area contributed by atoms with Gasteiger partial charge in [0.25, 0.3) is 0 Å². The van der Waals surface area contributed by atoms with Gasteiger partial charge in [0.1, 0.15) is 16.5 Å². The molecule has 0 aliphatic rings. The number of hydrogen-bond acceptors (Lipinski definition) is 4. The number of ether oxygens (including phenoxy) is 1. The molecule has 0 saturated heterocycles. The second kappa shape index (κ2) is 6.59. The summed E-state index contributed by atoms with van der Waals surface area (Å²) in [6, 6.07) is 4.85. The number of rotatable bonds is 6. The molecular formula is C13H16BrN3O3S. The predicted molar refractivity (Wildman–Crippen MR) is 82.8 cm³/mol. The molecule has 0 saturated carbocycles. The minimum absolute atomic E-state index is 0.110. The lowest BCUT2D eigenvalue weighted by Crippen LogP contribution is -2.27. The van der Waals surface area contributed by atoms with Crippen molar-refractivity contribution in [3.8, 4) is 5.75 Å². The fourth-order valence-electron chi connectivity index (χ4n) is 1.87. The zero-order valence-corrected chi connectivity index (χ0v) is 14.1. The molecule has 0 bridgehead atoms. The lowest BCUT2D eigenvalue weighted by atomic mass is 10.3. The average Bonchev–Trinajstić information content (AvgIpc) is 2.84. The van der Waals surface area contributed by atoms with Crippen LogP contribution in [0, 0.1) is 0 Å². The molecule has 6 nitrogen and oxygen atoms in total. The molecule has 1 aromatic carbocycles. The van der Waals surface area contributed by atoms with Gasteiger partial charge in [0.2, 0.25) is 10.0 Å². The second-order valence-corrected chi connectivity index (χ2v) is 7.05. The summed E-state index contributed by atoms with van der Waals surface area (Å²) in [4.78, 5) is 4.26. The van der Waals surface area contributed by atoms with Crippen LogP contribution in [0.4, 0.5) is 0 Å². The van der Waals surface area contributed by atoms with Gasteiger partial charge in [0.05, 0.1) is 7.11 Å². The van der Waals surface area contributed by atoms with Gasteiger partial charge in [0.15, 0.2) is 0 Å². The van der Waals surface area contributed by atoms with Crippen molar-refractivity contribution >= 4 is 26.0 Å². The van der Waals surface area contributed by atoms with E-state index in [0.29, 0.717) is 16.6 Å². The Morgan fingerprint density at radius 1 is 1.43 bits per heavy atom. The molecule has 0 amide bonds. The Balaban J connectivity index is 2.12. The van der Waals surface area contributed by atoms with Gasteiger partial charge in [0, 0.05) is 36.9 Å². The molecule has 21 heavy (non-hydrogen) atoms.